The number of pyridine rings is 1. The van der Waals surface area contributed by atoms with Crippen LogP contribution in [0, 0.1) is 5.92 Å². The van der Waals surface area contributed by atoms with Gasteiger partial charge in [-0.05, 0) is 44.0 Å². The van der Waals surface area contributed by atoms with E-state index in [0.717, 1.165) is 31.2 Å². The molecule has 2 aromatic rings. The number of hydrazine groups is 1. The first-order valence-corrected chi connectivity index (χ1v) is 8.80. The number of imidazole rings is 1. The molecule has 0 spiro atoms. The van der Waals surface area contributed by atoms with Crippen LogP contribution in [-0.4, -0.2) is 46.3 Å². The maximum atomic E-state index is 12.2. The van der Waals surface area contributed by atoms with Crippen molar-refractivity contribution in [2.24, 2.45) is 5.92 Å². The Bertz CT molecular complexity index is 787. The zero-order valence-corrected chi connectivity index (χ0v) is 15.5. The summed E-state index contributed by atoms with van der Waals surface area (Å²) in [5, 5.41) is 3.12. The minimum absolute atomic E-state index is 0.0294. The molecule has 10 heteroatoms. The number of thiocarbonyl (C=S) groups is 1. The number of carbonyl (C=O) groups is 1. The summed E-state index contributed by atoms with van der Waals surface area (Å²) in [4.78, 5) is 23.7. The van der Waals surface area contributed by atoms with Crippen LogP contribution in [0.4, 0.5) is 5.95 Å². The van der Waals surface area contributed by atoms with Crippen molar-refractivity contribution in [1.29, 1.82) is 0 Å². The van der Waals surface area contributed by atoms with Crippen LogP contribution in [0.2, 0.25) is 0 Å². The van der Waals surface area contributed by atoms with Gasteiger partial charge in [0.25, 0.3) is 0 Å². The van der Waals surface area contributed by atoms with Gasteiger partial charge < -0.3 is 19.8 Å². The molecule has 1 amide bonds. The van der Waals surface area contributed by atoms with Crippen molar-refractivity contribution in [1.82, 2.24) is 25.8 Å². The van der Waals surface area contributed by atoms with E-state index in [1.54, 1.807) is 19.4 Å². The van der Waals surface area contributed by atoms with Gasteiger partial charge in [0.05, 0.1) is 18.7 Å². The van der Waals surface area contributed by atoms with Crippen LogP contribution in [0.25, 0.3) is 11.0 Å². The van der Waals surface area contributed by atoms with Gasteiger partial charge in [-0.3, -0.25) is 15.6 Å². The van der Waals surface area contributed by atoms with Gasteiger partial charge in [0.2, 0.25) is 17.7 Å². The Labute approximate surface area is 156 Å². The zero-order chi connectivity index (χ0) is 18.5. The number of fused-ring (bicyclic) bond motifs is 1. The highest BCUT2D eigenvalue weighted by Gasteiger charge is 2.26. The van der Waals surface area contributed by atoms with Crippen LogP contribution < -0.4 is 20.9 Å². The summed E-state index contributed by atoms with van der Waals surface area (Å²) in [6.45, 7) is 0. The average Bonchev–Trinajstić information content (AvgIpc) is 3.08. The maximum absolute atomic E-state index is 12.2. The van der Waals surface area contributed by atoms with Gasteiger partial charge in [-0.15, -0.1) is 0 Å². The number of carbonyl (C=O) groups excluding carboxylic acids is 1. The zero-order valence-electron chi connectivity index (χ0n) is 14.7. The molecule has 26 heavy (non-hydrogen) atoms. The van der Waals surface area contributed by atoms with Crippen molar-refractivity contribution < 1.29 is 14.3 Å². The second kappa shape index (κ2) is 8.28. The molecule has 1 aliphatic rings. The van der Waals surface area contributed by atoms with Crippen LogP contribution in [0.15, 0.2) is 12.3 Å². The second-order valence-electron chi connectivity index (χ2n) is 6.08. The van der Waals surface area contributed by atoms with Gasteiger partial charge in [-0.2, -0.15) is 0 Å². The fourth-order valence-electron chi connectivity index (χ4n) is 3.04. The molecular weight excluding hydrogens is 356 g/mol. The van der Waals surface area contributed by atoms with E-state index in [0.29, 0.717) is 17.3 Å². The summed E-state index contributed by atoms with van der Waals surface area (Å²) in [6, 6.07) is 1.78. The molecule has 1 fully saturated rings. The number of aromatic nitrogens is 3. The minimum Gasteiger partial charge on any atom is -0.479 e. The normalized spacial score (nSPS) is 19.8. The van der Waals surface area contributed by atoms with Crippen molar-refractivity contribution in [3.8, 4) is 5.88 Å². The third-order valence-corrected chi connectivity index (χ3v) is 4.67. The van der Waals surface area contributed by atoms with Crippen LogP contribution >= 0.6 is 12.2 Å². The van der Waals surface area contributed by atoms with E-state index in [-0.39, 0.29) is 23.0 Å². The molecular formula is C16H22N6O3S. The second-order valence-corrected chi connectivity index (χ2v) is 6.49. The van der Waals surface area contributed by atoms with E-state index in [1.165, 1.54) is 7.11 Å². The molecule has 0 unspecified atom stereocenters. The van der Waals surface area contributed by atoms with Gasteiger partial charge in [-0.1, -0.05) is 0 Å². The molecule has 0 saturated heterocycles. The van der Waals surface area contributed by atoms with Crippen molar-refractivity contribution in [3.63, 3.8) is 0 Å². The van der Waals surface area contributed by atoms with E-state index < -0.39 is 0 Å². The number of anilines is 1. The number of nitrogens with zero attached hydrogens (tertiary/aromatic N) is 2. The molecule has 0 bridgehead atoms. The predicted molar refractivity (Wildman–Crippen MR) is 101 cm³/mol. The monoisotopic (exact) mass is 378 g/mol. The standard InChI is InChI=1S/C16H22N6O3S/c1-24-10-5-3-9(4-6-10)13(23)21-22-16(26)20-15-18-11-7-8-17-14(25-2)12(11)19-15/h7-10H,3-6H2,1-2H3,(H,21,23)(H3,18,19,20,22,26). The molecule has 0 radical (unpaired) electrons. The highest BCUT2D eigenvalue weighted by molar-refractivity contribution is 7.80. The highest BCUT2D eigenvalue weighted by atomic mass is 32.1. The summed E-state index contributed by atoms with van der Waals surface area (Å²) >= 11 is 5.20. The Hall–Kier alpha value is -2.46. The molecule has 140 valence electrons. The molecule has 2 aromatic heterocycles. The first kappa shape index (κ1) is 18.3. The Balaban J connectivity index is 1.51. The lowest BCUT2D eigenvalue weighted by atomic mass is 9.87. The lowest BCUT2D eigenvalue weighted by Crippen LogP contribution is -2.47. The van der Waals surface area contributed by atoms with Crippen molar-refractivity contribution in [3.05, 3.63) is 12.3 Å². The largest absolute Gasteiger partial charge is 0.479 e. The number of methoxy groups -OCH3 is 2. The predicted octanol–water partition coefficient (Wildman–Crippen LogP) is 1.49. The molecule has 9 nitrogen and oxygen atoms in total. The number of hydrogen-bond donors (Lipinski definition) is 4. The minimum atomic E-state index is -0.0702. The lowest BCUT2D eigenvalue weighted by molar-refractivity contribution is -0.127. The first-order chi connectivity index (χ1) is 12.6. The van der Waals surface area contributed by atoms with Crippen LogP contribution in [0.1, 0.15) is 25.7 Å². The van der Waals surface area contributed by atoms with Gasteiger partial charge in [0.1, 0.15) is 0 Å². The summed E-state index contributed by atoms with van der Waals surface area (Å²) in [7, 11) is 3.24. The summed E-state index contributed by atoms with van der Waals surface area (Å²) in [5.74, 6) is 0.752. The van der Waals surface area contributed by atoms with E-state index in [4.69, 9.17) is 21.7 Å². The smallest absolute Gasteiger partial charge is 0.241 e. The molecule has 0 aromatic carbocycles. The van der Waals surface area contributed by atoms with Crippen LogP contribution in [0.3, 0.4) is 0 Å². The van der Waals surface area contributed by atoms with Gasteiger partial charge >= 0.3 is 0 Å². The Kier molecular flexibility index (Phi) is 5.84. The van der Waals surface area contributed by atoms with Crippen molar-refractivity contribution in [2.45, 2.75) is 31.8 Å². The maximum Gasteiger partial charge on any atom is 0.241 e. The molecule has 4 N–H and O–H groups in total. The summed E-state index contributed by atoms with van der Waals surface area (Å²) in [5.41, 5.74) is 6.72. The SMILES string of the molecule is COc1nccc2[nH]c(NC(=S)NNC(=O)C3CCC(OC)CC3)nc12. The molecule has 2 heterocycles. The highest BCUT2D eigenvalue weighted by Crippen LogP contribution is 2.25. The number of aromatic amines is 1. The van der Waals surface area contributed by atoms with Gasteiger partial charge in [0, 0.05) is 19.2 Å². The molecule has 3 rings (SSSR count). The lowest BCUT2D eigenvalue weighted by Gasteiger charge is -2.26. The molecule has 0 aliphatic heterocycles. The van der Waals surface area contributed by atoms with E-state index in [1.807, 2.05) is 0 Å². The number of hydrogen-bond acceptors (Lipinski definition) is 6. The third kappa shape index (κ3) is 4.20. The van der Waals surface area contributed by atoms with Gasteiger partial charge in [0.15, 0.2) is 10.6 Å². The fourth-order valence-corrected chi connectivity index (χ4v) is 3.19. The average molecular weight is 378 g/mol. The van der Waals surface area contributed by atoms with E-state index in [2.05, 4.69) is 31.1 Å². The fraction of sp³-hybridized carbons (Fsp3) is 0.500. The molecule has 0 atom stereocenters. The third-order valence-electron chi connectivity index (χ3n) is 4.47. The number of rotatable bonds is 4. The number of H-pyrrole nitrogens is 1. The quantitative estimate of drug-likeness (QED) is 0.468. The Morgan fingerprint density at radius 1 is 1.27 bits per heavy atom. The number of ether oxygens (including phenoxy) is 2. The van der Waals surface area contributed by atoms with Gasteiger partial charge in [-0.25, -0.2) is 9.97 Å². The van der Waals surface area contributed by atoms with E-state index >= 15 is 0 Å². The van der Waals surface area contributed by atoms with Crippen molar-refractivity contribution >= 4 is 40.2 Å². The summed E-state index contributed by atoms with van der Waals surface area (Å²) in [6.07, 6.45) is 5.29. The van der Waals surface area contributed by atoms with Crippen molar-refractivity contribution in [2.75, 3.05) is 19.5 Å². The van der Waals surface area contributed by atoms with Crippen LogP contribution in [-0.2, 0) is 9.53 Å². The Morgan fingerprint density at radius 3 is 2.73 bits per heavy atom. The summed E-state index contributed by atoms with van der Waals surface area (Å²) < 4.78 is 10.5. The number of amides is 1. The Morgan fingerprint density at radius 2 is 2.04 bits per heavy atom. The molecule has 1 saturated carbocycles. The molecule has 1 aliphatic carbocycles. The first-order valence-electron chi connectivity index (χ1n) is 8.39. The van der Waals surface area contributed by atoms with E-state index in [9.17, 15) is 4.79 Å². The number of nitrogens with one attached hydrogen (secondary N) is 4. The topological polar surface area (TPSA) is 113 Å². The van der Waals surface area contributed by atoms with Crippen LogP contribution in [0.5, 0.6) is 5.88 Å².